The molecule has 2 atom stereocenters. The highest BCUT2D eigenvalue weighted by atomic mass is 32.2. The van der Waals surface area contributed by atoms with Gasteiger partial charge in [-0.15, -0.1) is 11.8 Å². The van der Waals surface area contributed by atoms with Gasteiger partial charge in [-0.1, -0.05) is 12.1 Å². The Hall–Kier alpha value is -1.49. The van der Waals surface area contributed by atoms with E-state index in [1.807, 2.05) is 19.1 Å². The molecule has 1 heterocycles. The van der Waals surface area contributed by atoms with E-state index in [2.05, 4.69) is 0 Å². The van der Waals surface area contributed by atoms with E-state index in [4.69, 9.17) is 0 Å². The quantitative estimate of drug-likeness (QED) is 0.840. The lowest BCUT2D eigenvalue weighted by molar-refractivity contribution is -0.148. The van der Waals surface area contributed by atoms with Gasteiger partial charge in [0.1, 0.15) is 10.7 Å². The van der Waals surface area contributed by atoms with Gasteiger partial charge in [-0.2, -0.15) is 0 Å². The van der Waals surface area contributed by atoms with Crippen LogP contribution < -0.4 is 0 Å². The summed E-state index contributed by atoms with van der Waals surface area (Å²) in [6, 6.07) is 5.40. The van der Waals surface area contributed by atoms with Crippen LogP contribution in [-0.2, 0) is 15.0 Å². The Kier molecular flexibility index (Phi) is 2.66. The second-order valence-electron chi connectivity index (χ2n) is 4.29. The number of thioether (sulfide) groups is 1. The van der Waals surface area contributed by atoms with Crippen LogP contribution in [0.25, 0.3) is 0 Å². The Morgan fingerprint density at radius 1 is 1.35 bits per heavy atom. The summed E-state index contributed by atoms with van der Waals surface area (Å²) in [6.45, 7) is 3.30. The highest BCUT2D eigenvalue weighted by Crippen LogP contribution is 2.50. The van der Waals surface area contributed by atoms with Gasteiger partial charge in [0.2, 0.25) is 0 Å². The number of hydrogen-bond acceptors (Lipinski definition) is 3. The SMILES string of the molecule is Cc1cccc2c1C(C)(C(=O)O)C(C(=O)O)S2. The van der Waals surface area contributed by atoms with Crippen LogP contribution >= 0.6 is 11.8 Å². The lowest BCUT2D eigenvalue weighted by Gasteiger charge is -2.25. The zero-order valence-corrected chi connectivity index (χ0v) is 10.2. The monoisotopic (exact) mass is 252 g/mol. The van der Waals surface area contributed by atoms with Crippen LogP contribution in [0.3, 0.4) is 0 Å². The molecule has 2 rings (SSSR count). The molecular weight excluding hydrogens is 240 g/mol. The van der Waals surface area contributed by atoms with Crippen molar-refractivity contribution in [3.63, 3.8) is 0 Å². The fraction of sp³-hybridized carbons (Fsp3) is 0.333. The van der Waals surface area contributed by atoms with Crippen molar-refractivity contribution in [3.05, 3.63) is 29.3 Å². The Bertz CT molecular complexity index is 511. The van der Waals surface area contributed by atoms with Crippen molar-refractivity contribution >= 4 is 23.7 Å². The molecule has 0 fully saturated rings. The molecule has 0 saturated carbocycles. The maximum atomic E-state index is 11.5. The third-order valence-corrected chi connectivity index (χ3v) is 4.69. The van der Waals surface area contributed by atoms with E-state index in [0.717, 1.165) is 22.2 Å². The number of fused-ring (bicyclic) bond motifs is 1. The minimum absolute atomic E-state index is 0.630. The fourth-order valence-electron chi connectivity index (χ4n) is 2.30. The predicted octanol–water partition coefficient (Wildman–Crippen LogP) is 1.90. The first-order chi connectivity index (χ1) is 7.89. The van der Waals surface area contributed by atoms with E-state index in [9.17, 15) is 19.8 Å². The van der Waals surface area contributed by atoms with E-state index in [1.165, 1.54) is 6.92 Å². The van der Waals surface area contributed by atoms with E-state index < -0.39 is 22.6 Å². The van der Waals surface area contributed by atoms with E-state index in [1.54, 1.807) is 6.07 Å². The Morgan fingerprint density at radius 3 is 2.53 bits per heavy atom. The number of benzene rings is 1. The Morgan fingerprint density at radius 2 is 2.00 bits per heavy atom. The van der Waals surface area contributed by atoms with Crippen LogP contribution in [0.1, 0.15) is 18.1 Å². The lowest BCUT2D eigenvalue weighted by atomic mass is 9.77. The highest BCUT2D eigenvalue weighted by Gasteiger charge is 2.54. The molecular formula is C12H12O4S. The van der Waals surface area contributed by atoms with Gasteiger partial charge in [0.05, 0.1) is 0 Å². The van der Waals surface area contributed by atoms with Crippen LogP contribution in [0.4, 0.5) is 0 Å². The second kappa shape index (κ2) is 3.77. The number of carbonyl (C=O) groups is 2. The van der Waals surface area contributed by atoms with Crippen molar-refractivity contribution in [1.82, 2.24) is 0 Å². The fourth-order valence-corrected chi connectivity index (χ4v) is 3.75. The number of hydrogen-bond donors (Lipinski definition) is 2. The summed E-state index contributed by atoms with van der Waals surface area (Å²) in [5.41, 5.74) is 0.0884. The van der Waals surface area contributed by atoms with Gasteiger partial charge in [-0.3, -0.25) is 9.59 Å². The largest absolute Gasteiger partial charge is 0.481 e. The molecule has 4 nitrogen and oxygen atoms in total. The molecule has 0 spiro atoms. The van der Waals surface area contributed by atoms with E-state index >= 15 is 0 Å². The standard InChI is InChI=1S/C12H12O4S/c1-6-4-3-5-7-8(6)12(2,11(15)16)9(17-7)10(13)14/h3-5,9H,1-2H3,(H,13,14)(H,15,16). The van der Waals surface area contributed by atoms with Crippen LogP contribution in [0, 0.1) is 6.92 Å². The average Bonchev–Trinajstić information content (AvgIpc) is 2.55. The Labute approximate surface area is 103 Å². The van der Waals surface area contributed by atoms with Crippen LogP contribution in [0.2, 0.25) is 0 Å². The van der Waals surface area contributed by atoms with Crippen LogP contribution in [0.5, 0.6) is 0 Å². The minimum Gasteiger partial charge on any atom is -0.481 e. The van der Waals surface area contributed by atoms with Crippen LogP contribution in [-0.4, -0.2) is 27.4 Å². The normalized spacial score (nSPS) is 26.6. The first kappa shape index (κ1) is 12.0. The molecule has 1 aromatic carbocycles. The Balaban J connectivity index is 2.69. The molecule has 0 radical (unpaired) electrons. The molecule has 0 aliphatic carbocycles. The maximum Gasteiger partial charge on any atom is 0.318 e. The molecule has 1 aliphatic rings. The van der Waals surface area contributed by atoms with Crippen molar-refractivity contribution in [2.24, 2.45) is 0 Å². The predicted molar refractivity (Wildman–Crippen MR) is 63.4 cm³/mol. The first-order valence-corrected chi connectivity index (χ1v) is 6.00. The number of rotatable bonds is 2. The molecule has 0 amide bonds. The smallest absolute Gasteiger partial charge is 0.318 e. The van der Waals surface area contributed by atoms with Crippen molar-refractivity contribution < 1.29 is 19.8 Å². The lowest BCUT2D eigenvalue weighted by Crippen LogP contribution is -2.43. The summed E-state index contributed by atoms with van der Waals surface area (Å²) in [5.74, 6) is -2.18. The summed E-state index contributed by atoms with van der Waals surface area (Å²) < 4.78 is 0. The zero-order chi connectivity index (χ0) is 12.8. The molecule has 0 saturated heterocycles. The van der Waals surface area contributed by atoms with Gasteiger partial charge in [-0.25, -0.2) is 0 Å². The molecule has 90 valence electrons. The molecule has 17 heavy (non-hydrogen) atoms. The third kappa shape index (κ3) is 1.53. The summed E-state index contributed by atoms with van der Waals surface area (Å²) >= 11 is 1.11. The number of carboxylic acids is 2. The molecule has 0 bridgehead atoms. The van der Waals surface area contributed by atoms with Gasteiger partial charge < -0.3 is 10.2 Å². The molecule has 1 aromatic rings. The topological polar surface area (TPSA) is 74.6 Å². The molecule has 0 aromatic heterocycles. The average molecular weight is 252 g/mol. The summed E-state index contributed by atoms with van der Waals surface area (Å²) in [5, 5.41) is 17.6. The van der Waals surface area contributed by atoms with Crippen molar-refractivity contribution in [2.45, 2.75) is 29.4 Å². The highest BCUT2D eigenvalue weighted by molar-refractivity contribution is 8.01. The van der Waals surface area contributed by atoms with Crippen molar-refractivity contribution in [3.8, 4) is 0 Å². The van der Waals surface area contributed by atoms with Gasteiger partial charge in [-0.05, 0) is 31.0 Å². The summed E-state index contributed by atoms with van der Waals surface area (Å²) in [4.78, 5) is 23.4. The molecule has 2 unspecified atom stereocenters. The third-order valence-electron chi connectivity index (χ3n) is 3.19. The molecule has 1 aliphatic heterocycles. The van der Waals surface area contributed by atoms with Gasteiger partial charge in [0, 0.05) is 4.90 Å². The minimum atomic E-state index is -1.36. The van der Waals surface area contributed by atoms with Gasteiger partial charge >= 0.3 is 11.9 Å². The van der Waals surface area contributed by atoms with Crippen LogP contribution in [0.15, 0.2) is 23.1 Å². The van der Waals surface area contributed by atoms with Gasteiger partial charge in [0.25, 0.3) is 0 Å². The maximum absolute atomic E-state index is 11.5. The second-order valence-corrected chi connectivity index (χ2v) is 5.44. The van der Waals surface area contributed by atoms with E-state index in [-0.39, 0.29) is 0 Å². The number of aryl methyl sites for hydroxylation is 1. The number of carboxylic acid groups (broad SMARTS) is 2. The first-order valence-electron chi connectivity index (χ1n) is 5.12. The summed E-state index contributed by atoms with van der Waals surface area (Å²) in [6.07, 6.45) is 0. The molecule has 2 N–H and O–H groups in total. The van der Waals surface area contributed by atoms with Crippen molar-refractivity contribution in [1.29, 1.82) is 0 Å². The number of aliphatic carboxylic acids is 2. The van der Waals surface area contributed by atoms with Gasteiger partial charge in [0.15, 0.2) is 0 Å². The molecule has 5 heteroatoms. The van der Waals surface area contributed by atoms with Crippen molar-refractivity contribution in [2.75, 3.05) is 0 Å². The zero-order valence-electron chi connectivity index (χ0n) is 9.43. The summed E-state index contributed by atoms with van der Waals surface area (Å²) in [7, 11) is 0. The van der Waals surface area contributed by atoms with E-state index in [0.29, 0.717) is 5.56 Å².